The molecule has 0 radical (unpaired) electrons. The lowest BCUT2D eigenvalue weighted by Crippen LogP contribution is -2.17. The molecular formula is C13H18N4. The third-order valence-electron chi connectivity index (χ3n) is 2.78. The Balaban J connectivity index is 2.19. The summed E-state index contributed by atoms with van der Waals surface area (Å²) in [5.74, 6) is 0. The van der Waals surface area contributed by atoms with E-state index in [-0.39, 0.29) is 0 Å². The van der Waals surface area contributed by atoms with E-state index in [0.29, 0.717) is 0 Å². The molecule has 4 nitrogen and oxygen atoms in total. The summed E-state index contributed by atoms with van der Waals surface area (Å²) in [6.07, 6.45) is 3.89. The third-order valence-corrected chi connectivity index (χ3v) is 2.78. The van der Waals surface area contributed by atoms with Gasteiger partial charge < -0.3 is 10.6 Å². The van der Waals surface area contributed by atoms with Crippen molar-refractivity contribution in [1.29, 1.82) is 0 Å². The lowest BCUT2D eigenvalue weighted by molar-refractivity contribution is 0.766. The summed E-state index contributed by atoms with van der Waals surface area (Å²) >= 11 is 0. The second-order valence-corrected chi connectivity index (χ2v) is 4.44. The van der Waals surface area contributed by atoms with Gasteiger partial charge in [-0.3, -0.25) is 4.68 Å². The number of aromatic nitrogens is 2. The Hall–Kier alpha value is -1.97. The van der Waals surface area contributed by atoms with Crippen molar-refractivity contribution in [2.45, 2.75) is 13.5 Å². The van der Waals surface area contributed by atoms with Crippen LogP contribution in [0.15, 0.2) is 30.6 Å². The molecule has 17 heavy (non-hydrogen) atoms. The van der Waals surface area contributed by atoms with Crippen molar-refractivity contribution < 1.29 is 0 Å². The standard InChI is InChI=1S/C13H18N4/c1-10-4-5-12(14)13(6-10)16(2)8-11-7-15-17(3)9-11/h4-7,9H,8,14H2,1-3H3. The molecular weight excluding hydrogens is 212 g/mol. The molecule has 90 valence electrons. The predicted molar refractivity (Wildman–Crippen MR) is 70.9 cm³/mol. The van der Waals surface area contributed by atoms with Crippen LogP contribution in [0.4, 0.5) is 11.4 Å². The van der Waals surface area contributed by atoms with E-state index in [9.17, 15) is 0 Å². The highest BCUT2D eigenvalue weighted by Crippen LogP contribution is 2.24. The van der Waals surface area contributed by atoms with E-state index in [4.69, 9.17) is 5.73 Å². The molecule has 0 spiro atoms. The van der Waals surface area contributed by atoms with Gasteiger partial charge in [-0.25, -0.2) is 0 Å². The minimum atomic E-state index is 0.807. The highest BCUT2D eigenvalue weighted by atomic mass is 15.2. The first kappa shape index (κ1) is 11.5. The molecule has 4 heteroatoms. The summed E-state index contributed by atoms with van der Waals surface area (Å²) in [5, 5.41) is 4.16. The van der Waals surface area contributed by atoms with Gasteiger partial charge in [0.1, 0.15) is 0 Å². The van der Waals surface area contributed by atoms with Crippen LogP contribution in [0.3, 0.4) is 0 Å². The van der Waals surface area contributed by atoms with E-state index in [1.807, 2.05) is 43.3 Å². The van der Waals surface area contributed by atoms with Gasteiger partial charge in [0.15, 0.2) is 0 Å². The van der Waals surface area contributed by atoms with Crippen molar-refractivity contribution in [3.8, 4) is 0 Å². The Morgan fingerprint density at radius 3 is 2.82 bits per heavy atom. The van der Waals surface area contributed by atoms with Gasteiger partial charge in [0, 0.05) is 32.4 Å². The molecule has 0 amide bonds. The quantitative estimate of drug-likeness (QED) is 0.820. The molecule has 0 aliphatic carbocycles. The molecule has 0 aliphatic heterocycles. The summed E-state index contributed by atoms with van der Waals surface area (Å²) in [7, 11) is 3.96. The first-order valence-corrected chi connectivity index (χ1v) is 5.61. The van der Waals surface area contributed by atoms with Crippen LogP contribution < -0.4 is 10.6 Å². The number of nitrogens with two attached hydrogens (primary N) is 1. The summed E-state index contributed by atoms with van der Waals surface area (Å²) in [6.45, 7) is 2.88. The second kappa shape index (κ2) is 4.49. The predicted octanol–water partition coefficient (Wildman–Crippen LogP) is 1.95. The average Bonchev–Trinajstić information content (AvgIpc) is 2.67. The number of benzene rings is 1. The van der Waals surface area contributed by atoms with E-state index in [2.05, 4.69) is 23.0 Å². The molecule has 0 bridgehead atoms. The van der Waals surface area contributed by atoms with Gasteiger partial charge in [-0.2, -0.15) is 5.10 Å². The Labute approximate surface area is 102 Å². The largest absolute Gasteiger partial charge is 0.397 e. The van der Waals surface area contributed by atoms with Crippen LogP contribution in [0, 0.1) is 6.92 Å². The van der Waals surface area contributed by atoms with Gasteiger partial charge in [-0.15, -0.1) is 0 Å². The van der Waals surface area contributed by atoms with Crippen LogP contribution >= 0.6 is 0 Å². The lowest BCUT2D eigenvalue weighted by atomic mass is 10.1. The molecule has 2 rings (SSSR count). The van der Waals surface area contributed by atoms with Crippen molar-refractivity contribution in [2.75, 3.05) is 17.7 Å². The molecule has 1 aromatic carbocycles. The van der Waals surface area contributed by atoms with E-state index in [1.54, 1.807) is 0 Å². The van der Waals surface area contributed by atoms with Crippen molar-refractivity contribution in [3.05, 3.63) is 41.7 Å². The fraction of sp³-hybridized carbons (Fsp3) is 0.308. The SMILES string of the molecule is Cc1ccc(N)c(N(C)Cc2cnn(C)c2)c1. The second-order valence-electron chi connectivity index (χ2n) is 4.44. The number of nitrogen functional groups attached to an aromatic ring is 1. The van der Waals surface area contributed by atoms with Crippen LogP contribution in [-0.4, -0.2) is 16.8 Å². The Bertz CT molecular complexity index is 516. The Kier molecular flexibility index (Phi) is 3.04. The number of aryl methyl sites for hydroxylation is 2. The molecule has 2 aromatic rings. The van der Waals surface area contributed by atoms with Crippen molar-refractivity contribution in [1.82, 2.24) is 9.78 Å². The maximum atomic E-state index is 5.99. The molecule has 0 saturated heterocycles. The van der Waals surface area contributed by atoms with E-state index < -0.39 is 0 Å². The molecule has 0 atom stereocenters. The van der Waals surface area contributed by atoms with Crippen molar-refractivity contribution in [3.63, 3.8) is 0 Å². The molecule has 1 heterocycles. The van der Waals surface area contributed by atoms with Crippen LogP contribution in [0.5, 0.6) is 0 Å². The molecule has 1 aromatic heterocycles. The lowest BCUT2D eigenvalue weighted by Gasteiger charge is -2.20. The van der Waals surface area contributed by atoms with Gasteiger partial charge in [0.05, 0.1) is 17.6 Å². The number of anilines is 2. The molecule has 0 saturated carbocycles. The topological polar surface area (TPSA) is 47.1 Å². The van der Waals surface area contributed by atoms with Crippen LogP contribution in [0.1, 0.15) is 11.1 Å². The van der Waals surface area contributed by atoms with Gasteiger partial charge in [-0.1, -0.05) is 6.07 Å². The minimum Gasteiger partial charge on any atom is -0.397 e. The number of rotatable bonds is 3. The number of nitrogens with zero attached hydrogens (tertiary/aromatic N) is 3. The third kappa shape index (κ3) is 2.58. The normalized spacial score (nSPS) is 10.5. The zero-order valence-corrected chi connectivity index (χ0v) is 10.5. The zero-order valence-electron chi connectivity index (χ0n) is 10.5. The van der Waals surface area contributed by atoms with Gasteiger partial charge in [0.2, 0.25) is 0 Å². The summed E-state index contributed by atoms with van der Waals surface area (Å²) in [5.41, 5.74) is 10.2. The monoisotopic (exact) mass is 230 g/mol. The molecule has 0 aliphatic rings. The highest BCUT2D eigenvalue weighted by molar-refractivity contribution is 5.68. The smallest absolute Gasteiger partial charge is 0.0603 e. The fourth-order valence-corrected chi connectivity index (χ4v) is 1.90. The fourth-order valence-electron chi connectivity index (χ4n) is 1.90. The van der Waals surface area contributed by atoms with Crippen LogP contribution in [0.2, 0.25) is 0 Å². The van der Waals surface area contributed by atoms with E-state index in [0.717, 1.165) is 17.9 Å². The first-order valence-electron chi connectivity index (χ1n) is 5.61. The van der Waals surface area contributed by atoms with Gasteiger partial charge >= 0.3 is 0 Å². The van der Waals surface area contributed by atoms with Crippen LogP contribution in [0.25, 0.3) is 0 Å². The summed E-state index contributed by atoms with van der Waals surface area (Å²) in [6, 6.07) is 6.08. The highest BCUT2D eigenvalue weighted by Gasteiger charge is 2.07. The van der Waals surface area contributed by atoms with Crippen molar-refractivity contribution in [2.24, 2.45) is 7.05 Å². The van der Waals surface area contributed by atoms with E-state index in [1.165, 1.54) is 11.1 Å². The maximum absolute atomic E-state index is 5.99. The van der Waals surface area contributed by atoms with E-state index >= 15 is 0 Å². The molecule has 0 unspecified atom stereocenters. The van der Waals surface area contributed by atoms with Gasteiger partial charge in [0.25, 0.3) is 0 Å². The average molecular weight is 230 g/mol. The maximum Gasteiger partial charge on any atom is 0.0603 e. The first-order chi connectivity index (χ1) is 8.06. The molecule has 0 fully saturated rings. The van der Waals surface area contributed by atoms with Crippen molar-refractivity contribution >= 4 is 11.4 Å². The Morgan fingerprint density at radius 1 is 1.41 bits per heavy atom. The summed E-state index contributed by atoms with van der Waals surface area (Å²) < 4.78 is 1.81. The zero-order chi connectivity index (χ0) is 12.4. The number of hydrogen-bond donors (Lipinski definition) is 1. The number of hydrogen-bond acceptors (Lipinski definition) is 3. The Morgan fingerprint density at radius 2 is 2.18 bits per heavy atom. The minimum absolute atomic E-state index is 0.807. The van der Waals surface area contributed by atoms with Gasteiger partial charge in [-0.05, 0) is 24.6 Å². The van der Waals surface area contributed by atoms with Crippen LogP contribution in [-0.2, 0) is 13.6 Å². The summed E-state index contributed by atoms with van der Waals surface area (Å²) in [4.78, 5) is 2.14. The molecule has 2 N–H and O–H groups in total.